The Kier molecular flexibility index (Phi) is 3.79. The number of rotatable bonds is 3. The number of ketones is 1. The number of nitrogens with zero attached hydrogens (tertiary/aromatic N) is 4. The molecule has 0 radical (unpaired) electrons. The van der Waals surface area contributed by atoms with Gasteiger partial charge in [-0.3, -0.25) is 23.5 Å². The van der Waals surface area contributed by atoms with E-state index < -0.39 is 11.2 Å². The van der Waals surface area contributed by atoms with Gasteiger partial charge in [-0.1, -0.05) is 0 Å². The normalized spacial score (nSPS) is 13.5. The lowest BCUT2D eigenvalue weighted by Crippen LogP contribution is -2.37. The third kappa shape index (κ3) is 2.67. The highest BCUT2D eigenvalue weighted by atomic mass is 16.2. The highest BCUT2D eigenvalue weighted by Crippen LogP contribution is 2.24. The molecule has 1 N–H and O–H groups in total. The molecule has 4 rings (SSSR count). The zero-order valence-electron chi connectivity index (χ0n) is 14.9. The van der Waals surface area contributed by atoms with E-state index in [-0.39, 0.29) is 29.4 Å². The van der Waals surface area contributed by atoms with Crippen molar-refractivity contribution in [3.63, 3.8) is 0 Å². The lowest BCUT2D eigenvalue weighted by molar-refractivity contribution is -0.116. The molecular weight excluding hydrogens is 350 g/mol. The first-order valence-electron chi connectivity index (χ1n) is 8.43. The van der Waals surface area contributed by atoms with Crippen LogP contribution in [0.4, 0.5) is 5.69 Å². The summed E-state index contributed by atoms with van der Waals surface area (Å²) >= 11 is 0. The van der Waals surface area contributed by atoms with Gasteiger partial charge in [0.05, 0.1) is 12.9 Å². The molecular formula is C18H17N5O4. The van der Waals surface area contributed by atoms with E-state index in [0.717, 1.165) is 15.8 Å². The molecule has 1 aromatic carbocycles. The Morgan fingerprint density at radius 3 is 2.70 bits per heavy atom. The van der Waals surface area contributed by atoms with Crippen LogP contribution in [0.2, 0.25) is 0 Å². The number of amides is 1. The summed E-state index contributed by atoms with van der Waals surface area (Å²) < 4.78 is 3.73. The van der Waals surface area contributed by atoms with Crippen molar-refractivity contribution in [1.82, 2.24) is 18.7 Å². The first-order valence-corrected chi connectivity index (χ1v) is 8.43. The smallest absolute Gasteiger partial charge is 0.326 e. The zero-order chi connectivity index (χ0) is 19.3. The van der Waals surface area contributed by atoms with E-state index in [1.165, 1.54) is 29.6 Å². The zero-order valence-corrected chi connectivity index (χ0v) is 14.9. The van der Waals surface area contributed by atoms with Crippen molar-refractivity contribution in [2.75, 3.05) is 5.32 Å². The van der Waals surface area contributed by atoms with Gasteiger partial charge in [0.2, 0.25) is 5.91 Å². The third-order valence-electron chi connectivity index (χ3n) is 4.85. The second-order valence-corrected chi connectivity index (χ2v) is 6.59. The fourth-order valence-corrected chi connectivity index (χ4v) is 3.32. The van der Waals surface area contributed by atoms with Crippen molar-refractivity contribution in [1.29, 1.82) is 0 Å². The molecule has 3 heterocycles. The number of nitrogens with one attached hydrogen (secondary N) is 1. The average Bonchev–Trinajstić information content (AvgIpc) is 3.07. The number of anilines is 1. The van der Waals surface area contributed by atoms with Crippen molar-refractivity contribution >= 4 is 28.5 Å². The molecule has 2 aromatic heterocycles. The topological polar surface area (TPSA) is 108 Å². The van der Waals surface area contributed by atoms with Crippen LogP contribution in [0, 0.1) is 0 Å². The molecule has 9 heteroatoms. The molecule has 0 aliphatic carbocycles. The van der Waals surface area contributed by atoms with Gasteiger partial charge in [0.15, 0.2) is 16.9 Å². The van der Waals surface area contributed by atoms with Gasteiger partial charge in [-0.2, -0.15) is 0 Å². The fraction of sp³-hybridized carbons (Fsp3) is 0.278. The molecule has 27 heavy (non-hydrogen) atoms. The van der Waals surface area contributed by atoms with Crippen molar-refractivity contribution in [2.24, 2.45) is 14.1 Å². The third-order valence-corrected chi connectivity index (χ3v) is 4.85. The maximum absolute atomic E-state index is 12.7. The number of hydrogen-bond acceptors (Lipinski definition) is 5. The summed E-state index contributed by atoms with van der Waals surface area (Å²) in [5.41, 5.74) is 1.61. The minimum absolute atomic E-state index is 0.0343. The van der Waals surface area contributed by atoms with Crippen molar-refractivity contribution in [2.45, 2.75) is 19.4 Å². The molecule has 3 aromatic rings. The molecule has 0 saturated heterocycles. The van der Waals surface area contributed by atoms with Crippen molar-refractivity contribution in [3.05, 3.63) is 56.5 Å². The Morgan fingerprint density at radius 1 is 1.15 bits per heavy atom. The summed E-state index contributed by atoms with van der Waals surface area (Å²) in [6, 6.07) is 5.14. The first kappa shape index (κ1) is 17.0. The van der Waals surface area contributed by atoms with Gasteiger partial charge in [0.1, 0.15) is 0 Å². The van der Waals surface area contributed by atoms with Crippen LogP contribution in [0.3, 0.4) is 0 Å². The number of benzene rings is 1. The predicted octanol–water partition coefficient (Wildman–Crippen LogP) is 0.201. The molecule has 0 saturated carbocycles. The number of aryl methyl sites for hydroxylation is 2. The SMILES string of the molecule is Cn1c(=O)c2c(ncn2CC(=O)c2ccc3c(c2)CCC(=O)N3)n(C)c1=O. The van der Waals surface area contributed by atoms with Gasteiger partial charge in [-0.25, -0.2) is 9.78 Å². The van der Waals surface area contributed by atoms with E-state index >= 15 is 0 Å². The highest BCUT2D eigenvalue weighted by Gasteiger charge is 2.19. The second kappa shape index (κ2) is 6.04. The predicted molar refractivity (Wildman–Crippen MR) is 97.9 cm³/mol. The lowest BCUT2D eigenvalue weighted by atomic mass is 9.99. The average molecular weight is 367 g/mol. The van der Waals surface area contributed by atoms with Gasteiger partial charge in [-0.15, -0.1) is 0 Å². The largest absolute Gasteiger partial charge is 0.332 e. The summed E-state index contributed by atoms with van der Waals surface area (Å²) in [7, 11) is 2.92. The number of fused-ring (bicyclic) bond motifs is 2. The monoisotopic (exact) mass is 367 g/mol. The number of imidazole rings is 1. The summed E-state index contributed by atoms with van der Waals surface area (Å²) in [6.45, 7) is -0.0743. The molecule has 1 aliphatic heterocycles. The van der Waals surface area contributed by atoms with Crippen LogP contribution in [0.1, 0.15) is 22.3 Å². The quantitative estimate of drug-likeness (QED) is 0.666. The maximum atomic E-state index is 12.7. The summed E-state index contributed by atoms with van der Waals surface area (Å²) in [6.07, 6.45) is 2.36. The molecule has 138 valence electrons. The van der Waals surface area contributed by atoms with Crippen LogP contribution in [-0.2, 0) is 31.9 Å². The van der Waals surface area contributed by atoms with E-state index in [2.05, 4.69) is 10.3 Å². The maximum Gasteiger partial charge on any atom is 0.332 e. The van der Waals surface area contributed by atoms with E-state index in [4.69, 9.17) is 0 Å². The molecule has 1 amide bonds. The van der Waals surface area contributed by atoms with E-state index in [9.17, 15) is 19.2 Å². The Balaban J connectivity index is 1.71. The van der Waals surface area contributed by atoms with Crippen molar-refractivity contribution < 1.29 is 9.59 Å². The van der Waals surface area contributed by atoms with Gasteiger partial charge < -0.3 is 9.88 Å². The molecule has 0 unspecified atom stereocenters. The van der Waals surface area contributed by atoms with Crippen LogP contribution >= 0.6 is 0 Å². The summed E-state index contributed by atoms with van der Waals surface area (Å²) in [5.74, 6) is -0.224. The minimum Gasteiger partial charge on any atom is -0.326 e. The standard InChI is InChI=1S/C18H17N5O4/c1-21-16-15(17(26)22(2)18(21)27)23(9-19-16)8-13(24)11-3-5-12-10(7-11)4-6-14(25)20-12/h3,5,7,9H,4,6,8H2,1-2H3,(H,20,25). The molecule has 1 aliphatic rings. The van der Waals surface area contributed by atoms with Crippen LogP contribution in [0.25, 0.3) is 11.2 Å². The first-order chi connectivity index (χ1) is 12.9. The number of Topliss-reactive ketones (excluding diaryl/α,β-unsaturated/α-hetero) is 1. The minimum atomic E-state index is -0.494. The molecule has 0 atom stereocenters. The summed E-state index contributed by atoms with van der Waals surface area (Å²) in [4.78, 5) is 52.8. The van der Waals surface area contributed by atoms with E-state index in [1.807, 2.05) is 0 Å². The Labute approximate surface area is 152 Å². The Morgan fingerprint density at radius 2 is 1.93 bits per heavy atom. The summed E-state index contributed by atoms with van der Waals surface area (Å²) in [5, 5.41) is 2.78. The van der Waals surface area contributed by atoms with Gasteiger partial charge in [0.25, 0.3) is 5.56 Å². The number of hydrogen-bond donors (Lipinski definition) is 1. The fourth-order valence-electron chi connectivity index (χ4n) is 3.32. The van der Waals surface area contributed by atoms with E-state index in [1.54, 1.807) is 18.2 Å². The lowest BCUT2D eigenvalue weighted by Gasteiger charge is -2.17. The van der Waals surface area contributed by atoms with Crippen LogP contribution < -0.4 is 16.6 Å². The molecule has 0 fully saturated rings. The molecule has 0 spiro atoms. The van der Waals surface area contributed by atoms with Gasteiger partial charge in [0, 0.05) is 31.8 Å². The van der Waals surface area contributed by atoms with Crippen LogP contribution in [-0.4, -0.2) is 30.4 Å². The molecule has 9 nitrogen and oxygen atoms in total. The van der Waals surface area contributed by atoms with Crippen molar-refractivity contribution in [3.8, 4) is 0 Å². The highest BCUT2D eigenvalue weighted by molar-refractivity contribution is 5.99. The second-order valence-electron chi connectivity index (χ2n) is 6.59. The van der Waals surface area contributed by atoms with E-state index in [0.29, 0.717) is 18.4 Å². The number of carbonyl (C=O) groups excluding carboxylic acids is 2. The number of aromatic nitrogens is 4. The van der Waals surface area contributed by atoms with Gasteiger partial charge in [-0.05, 0) is 30.2 Å². The Hall–Kier alpha value is -3.49. The number of carbonyl (C=O) groups is 2. The molecule has 0 bridgehead atoms. The van der Waals surface area contributed by atoms with Crippen LogP contribution in [0.15, 0.2) is 34.1 Å². The van der Waals surface area contributed by atoms with Crippen LogP contribution in [0.5, 0.6) is 0 Å². The Bertz CT molecular complexity index is 1230. The van der Waals surface area contributed by atoms with Gasteiger partial charge >= 0.3 is 5.69 Å².